The molecule has 1 aromatic carbocycles. The molecule has 0 spiro atoms. The Morgan fingerprint density at radius 1 is 1.36 bits per heavy atom. The summed E-state index contributed by atoms with van der Waals surface area (Å²) >= 11 is 7.71. The number of hydrogen-bond acceptors (Lipinski definition) is 3. The van der Waals surface area contributed by atoms with Crippen LogP contribution in [0.2, 0.25) is 5.02 Å². The fraction of sp³-hybridized carbons (Fsp3) is 0.421. The van der Waals surface area contributed by atoms with E-state index in [0.717, 1.165) is 5.56 Å². The van der Waals surface area contributed by atoms with Crippen LogP contribution in [0.15, 0.2) is 35.7 Å². The molecule has 0 aliphatic carbocycles. The highest BCUT2D eigenvalue weighted by atomic mass is 35.5. The van der Waals surface area contributed by atoms with E-state index in [1.165, 1.54) is 30.8 Å². The molecule has 1 fully saturated rings. The number of benzene rings is 1. The molecule has 0 unspecified atom stereocenters. The maximum Gasteiger partial charge on any atom is 0.258 e. The fourth-order valence-electron chi connectivity index (χ4n) is 3.30. The molecule has 134 valence electrons. The third-order valence-electron chi connectivity index (χ3n) is 4.62. The summed E-state index contributed by atoms with van der Waals surface area (Å²) < 4.78 is 5.63. The van der Waals surface area contributed by atoms with Crippen LogP contribution in [0.3, 0.4) is 0 Å². The predicted molar refractivity (Wildman–Crippen MR) is 102 cm³/mol. The molecule has 4 nitrogen and oxygen atoms in total. The van der Waals surface area contributed by atoms with Gasteiger partial charge in [-0.1, -0.05) is 17.7 Å². The molecule has 2 aromatic rings. The van der Waals surface area contributed by atoms with Gasteiger partial charge in [-0.05, 0) is 42.1 Å². The Morgan fingerprint density at radius 2 is 2.16 bits per heavy atom. The van der Waals surface area contributed by atoms with Crippen molar-refractivity contribution >= 4 is 28.8 Å². The topological polar surface area (TPSA) is 42.8 Å². The Bertz CT molecular complexity index is 699. The van der Waals surface area contributed by atoms with Gasteiger partial charge in [-0.25, -0.2) is 0 Å². The van der Waals surface area contributed by atoms with E-state index in [1.54, 1.807) is 28.4 Å². The minimum Gasteiger partial charge on any atom is -0.484 e. The standard InChI is InChI=1S/C19H23ClN2O2S/c1-14-11-15(20)6-7-17(14)24-13-19(23)21-12-16(18-5-4-10-25-18)22-8-2-3-9-22/h4-7,10-11,16H,2-3,8-9,12-13H2,1H3,(H,21,23)/p+1/t16-/m0/s1. The number of carbonyl (C=O) groups is 1. The van der Waals surface area contributed by atoms with Crippen LogP contribution >= 0.6 is 22.9 Å². The first-order valence-corrected chi connectivity index (χ1v) is 9.93. The molecule has 1 atom stereocenters. The zero-order valence-electron chi connectivity index (χ0n) is 14.4. The lowest BCUT2D eigenvalue weighted by atomic mass is 10.2. The number of hydrogen-bond donors (Lipinski definition) is 2. The molecule has 3 rings (SSSR count). The highest BCUT2D eigenvalue weighted by Gasteiger charge is 2.28. The van der Waals surface area contributed by atoms with E-state index in [-0.39, 0.29) is 12.5 Å². The molecule has 0 radical (unpaired) electrons. The van der Waals surface area contributed by atoms with Crippen LogP contribution in [0.1, 0.15) is 29.3 Å². The van der Waals surface area contributed by atoms with Crippen LogP contribution in [0.25, 0.3) is 0 Å². The molecular weight excluding hydrogens is 356 g/mol. The van der Waals surface area contributed by atoms with Gasteiger partial charge in [0, 0.05) is 17.9 Å². The number of carbonyl (C=O) groups excluding carboxylic acids is 1. The van der Waals surface area contributed by atoms with Gasteiger partial charge in [0.1, 0.15) is 11.8 Å². The zero-order chi connectivity index (χ0) is 17.6. The van der Waals surface area contributed by atoms with Crippen molar-refractivity contribution in [3.05, 3.63) is 51.2 Å². The van der Waals surface area contributed by atoms with Crippen LogP contribution in [0.4, 0.5) is 0 Å². The Kier molecular flexibility index (Phi) is 6.34. The lowest BCUT2D eigenvalue weighted by molar-refractivity contribution is -0.918. The van der Waals surface area contributed by atoms with Crippen LogP contribution in [0, 0.1) is 6.92 Å². The average Bonchev–Trinajstić information content (AvgIpc) is 3.28. The van der Waals surface area contributed by atoms with Gasteiger partial charge in [-0.2, -0.15) is 0 Å². The van der Waals surface area contributed by atoms with E-state index < -0.39 is 0 Å². The van der Waals surface area contributed by atoms with Crippen molar-refractivity contribution in [2.75, 3.05) is 26.2 Å². The molecule has 1 aliphatic rings. The summed E-state index contributed by atoms with van der Waals surface area (Å²) in [6.07, 6.45) is 2.54. The van der Waals surface area contributed by atoms with E-state index >= 15 is 0 Å². The highest BCUT2D eigenvalue weighted by Crippen LogP contribution is 2.21. The minimum atomic E-state index is -0.0884. The summed E-state index contributed by atoms with van der Waals surface area (Å²) in [5, 5.41) is 5.82. The average molecular weight is 380 g/mol. The Morgan fingerprint density at radius 3 is 2.84 bits per heavy atom. The summed E-state index contributed by atoms with van der Waals surface area (Å²) in [6, 6.07) is 9.98. The summed E-state index contributed by atoms with van der Waals surface area (Å²) in [4.78, 5) is 15.1. The van der Waals surface area contributed by atoms with Gasteiger partial charge in [0.15, 0.2) is 6.61 Å². The molecule has 25 heavy (non-hydrogen) atoms. The second kappa shape index (κ2) is 8.70. The van der Waals surface area contributed by atoms with Crippen molar-refractivity contribution in [3.63, 3.8) is 0 Å². The largest absolute Gasteiger partial charge is 0.484 e. The molecule has 0 bridgehead atoms. The number of aryl methyl sites for hydroxylation is 1. The summed E-state index contributed by atoms with van der Waals surface area (Å²) in [5.74, 6) is 0.606. The molecular formula is C19H24ClN2O2S+. The van der Waals surface area contributed by atoms with Crippen LogP contribution < -0.4 is 15.0 Å². The third-order valence-corrected chi connectivity index (χ3v) is 5.85. The van der Waals surface area contributed by atoms with Gasteiger partial charge >= 0.3 is 0 Å². The van der Waals surface area contributed by atoms with Crippen LogP contribution in [-0.2, 0) is 4.79 Å². The Hall–Kier alpha value is -1.56. The molecule has 0 saturated carbocycles. The van der Waals surface area contributed by atoms with Crippen molar-refractivity contribution < 1.29 is 14.4 Å². The second-order valence-electron chi connectivity index (χ2n) is 6.44. The van der Waals surface area contributed by atoms with E-state index in [4.69, 9.17) is 16.3 Å². The van der Waals surface area contributed by atoms with Crippen molar-refractivity contribution in [1.82, 2.24) is 5.32 Å². The first-order chi connectivity index (χ1) is 12.1. The first kappa shape index (κ1) is 18.2. The second-order valence-corrected chi connectivity index (χ2v) is 7.85. The number of nitrogens with one attached hydrogen (secondary N) is 2. The van der Waals surface area contributed by atoms with Gasteiger partial charge in [-0.3, -0.25) is 4.79 Å². The lowest BCUT2D eigenvalue weighted by Gasteiger charge is -2.24. The maximum atomic E-state index is 12.2. The smallest absolute Gasteiger partial charge is 0.258 e. The maximum absolute atomic E-state index is 12.2. The third kappa shape index (κ3) is 4.97. The van der Waals surface area contributed by atoms with Gasteiger partial charge in [0.2, 0.25) is 0 Å². The number of thiophene rings is 1. The molecule has 2 N–H and O–H groups in total. The summed E-state index contributed by atoms with van der Waals surface area (Å²) in [5.41, 5.74) is 0.929. The minimum absolute atomic E-state index is 0.0228. The van der Waals surface area contributed by atoms with Crippen molar-refractivity contribution in [2.45, 2.75) is 25.8 Å². The Labute approximate surface area is 157 Å². The van der Waals surface area contributed by atoms with Gasteiger partial charge in [0.05, 0.1) is 24.5 Å². The zero-order valence-corrected chi connectivity index (χ0v) is 16.0. The molecule has 1 aromatic heterocycles. The summed E-state index contributed by atoms with van der Waals surface area (Å²) in [7, 11) is 0. The number of quaternary nitrogens is 1. The normalized spacial score (nSPS) is 15.9. The lowest BCUT2D eigenvalue weighted by Crippen LogP contribution is -3.11. The predicted octanol–water partition coefficient (Wildman–Crippen LogP) is 2.62. The van der Waals surface area contributed by atoms with Crippen molar-refractivity contribution in [3.8, 4) is 5.75 Å². The molecule has 2 heterocycles. The molecule has 6 heteroatoms. The van der Waals surface area contributed by atoms with Gasteiger partial charge < -0.3 is 15.0 Å². The van der Waals surface area contributed by atoms with Crippen molar-refractivity contribution in [2.24, 2.45) is 0 Å². The highest BCUT2D eigenvalue weighted by molar-refractivity contribution is 7.10. The number of likely N-dealkylation sites (tertiary alicyclic amines) is 1. The number of halogens is 1. The Balaban J connectivity index is 1.53. The number of amides is 1. The summed E-state index contributed by atoms with van der Waals surface area (Å²) in [6.45, 7) is 4.95. The van der Waals surface area contributed by atoms with Crippen LogP contribution in [-0.4, -0.2) is 32.1 Å². The van der Waals surface area contributed by atoms with Crippen molar-refractivity contribution in [1.29, 1.82) is 0 Å². The van der Waals surface area contributed by atoms with Gasteiger partial charge in [-0.15, -0.1) is 11.3 Å². The van der Waals surface area contributed by atoms with Crippen LogP contribution in [0.5, 0.6) is 5.75 Å². The van der Waals surface area contributed by atoms with E-state index in [9.17, 15) is 4.79 Å². The number of rotatable bonds is 7. The fourth-order valence-corrected chi connectivity index (χ4v) is 4.41. The van der Waals surface area contributed by atoms with Gasteiger partial charge in [0.25, 0.3) is 5.91 Å². The quantitative estimate of drug-likeness (QED) is 0.776. The molecule has 1 amide bonds. The molecule has 1 saturated heterocycles. The SMILES string of the molecule is Cc1cc(Cl)ccc1OCC(=O)NC[C@@H](c1cccs1)[NH+]1CCCC1. The van der Waals surface area contributed by atoms with E-state index in [0.29, 0.717) is 23.4 Å². The number of ether oxygens (including phenoxy) is 1. The molecule has 1 aliphatic heterocycles. The monoisotopic (exact) mass is 379 g/mol. The first-order valence-electron chi connectivity index (χ1n) is 8.67. The van der Waals surface area contributed by atoms with E-state index in [2.05, 4.69) is 22.8 Å². The van der Waals surface area contributed by atoms with E-state index in [1.807, 2.05) is 13.0 Å².